The molecule has 16 heavy (non-hydrogen) atoms. The van der Waals surface area contributed by atoms with E-state index >= 15 is 0 Å². The minimum absolute atomic E-state index is 0.424. The van der Waals surface area contributed by atoms with Crippen molar-refractivity contribution >= 4 is 22.5 Å². The smallest absolute Gasteiger partial charge is 0.161 e. The lowest BCUT2D eigenvalue weighted by molar-refractivity contribution is 0.510. The van der Waals surface area contributed by atoms with Gasteiger partial charge in [-0.3, -0.25) is 4.98 Å². The lowest BCUT2D eigenvalue weighted by Gasteiger charge is -2.04. The van der Waals surface area contributed by atoms with Crippen LogP contribution in [0.5, 0.6) is 0 Å². The highest BCUT2D eigenvalue weighted by Crippen LogP contribution is 2.41. The van der Waals surface area contributed by atoms with Gasteiger partial charge in [0.1, 0.15) is 0 Å². The van der Waals surface area contributed by atoms with Gasteiger partial charge in [-0.2, -0.15) is 0 Å². The van der Waals surface area contributed by atoms with Gasteiger partial charge >= 0.3 is 0 Å². The van der Waals surface area contributed by atoms with Crippen LogP contribution < -0.4 is 0 Å². The van der Waals surface area contributed by atoms with E-state index in [0.717, 1.165) is 30.7 Å². The molecule has 1 heterocycles. The standard InChI is InChI=1S/C12H8ClF2N/c13-8-4-11(6-1-2-6)16-12-5-10(15)9(14)3-7(8)12/h3-6H,1-2H2. The van der Waals surface area contributed by atoms with Crippen molar-refractivity contribution in [2.75, 3.05) is 0 Å². The fraction of sp³-hybridized carbons (Fsp3) is 0.250. The van der Waals surface area contributed by atoms with Gasteiger partial charge in [-0.1, -0.05) is 11.6 Å². The van der Waals surface area contributed by atoms with E-state index in [-0.39, 0.29) is 0 Å². The third kappa shape index (κ3) is 1.55. The Labute approximate surface area is 96.1 Å². The zero-order chi connectivity index (χ0) is 11.3. The molecule has 0 amide bonds. The van der Waals surface area contributed by atoms with Gasteiger partial charge in [0.2, 0.25) is 0 Å². The van der Waals surface area contributed by atoms with Crippen molar-refractivity contribution < 1.29 is 8.78 Å². The number of nitrogens with zero attached hydrogens (tertiary/aromatic N) is 1. The van der Waals surface area contributed by atoms with Crippen LogP contribution in [0, 0.1) is 11.6 Å². The summed E-state index contributed by atoms with van der Waals surface area (Å²) in [7, 11) is 0. The molecule has 0 saturated heterocycles. The first kappa shape index (κ1) is 9.97. The number of aromatic nitrogens is 1. The number of hydrogen-bond donors (Lipinski definition) is 0. The summed E-state index contributed by atoms with van der Waals surface area (Å²) in [6, 6.07) is 3.94. The SMILES string of the molecule is Fc1cc2nc(C3CC3)cc(Cl)c2cc1F. The molecule has 1 saturated carbocycles. The Balaban J connectivity index is 2.28. The Morgan fingerprint density at radius 1 is 1.12 bits per heavy atom. The molecule has 82 valence electrons. The molecule has 0 unspecified atom stereocenters. The van der Waals surface area contributed by atoms with Crippen LogP contribution in [0.25, 0.3) is 10.9 Å². The van der Waals surface area contributed by atoms with Crippen LogP contribution in [0.4, 0.5) is 8.78 Å². The van der Waals surface area contributed by atoms with Gasteiger partial charge in [0.25, 0.3) is 0 Å². The number of fused-ring (bicyclic) bond motifs is 1. The summed E-state index contributed by atoms with van der Waals surface area (Å²) in [6.07, 6.45) is 2.19. The third-order valence-corrected chi connectivity index (χ3v) is 3.13. The zero-order valence-electron chi connectivity index (χ0n) is 8.30. The molecule has 1 fully saturated rings. The molecule has 4 heteroatoms. The molecule has 0 bridgehead atoms. The number of benzene rings is 1. The van der Waals surface area contributed by atoms with Crippen LogP contribution in [0.1, 0.15) is 24.5 Å². The summed E-state index contributed by atoms with van der Waals surface area (Å²) in [5.41, 5.74) is 1.30. The van der Waals surface area contributed by atoms with Crippen molar-refractivity contribution in [1.29, 1.82) is 0 Å². The number of hydrogen-bond acceptors (Lipinski definition) is 1. The van der Waals surface area contributed by atoms with Gasteiger partial charge in [0.15, 0.2) is 11.6 Å². The van der Waals surface area contributed by atoms with Gasteiger partial charge in [0.05, 0.1) is 10.5 Å². The molecular formula is C12H8ClF2N. The lowest BCUT2D eigenvalue weighted by Crippen LogP contribution is -1.92. The Morgan fingerprint density at radius 2 is 1.81 bits per heavy atom. The van der Waals surface area contributed by atoms with E-state index in [1.165, 1.54) is 0 Å². The summed E-state index contributed by atoms with van der Waals surface area (Å²) in [6.45, 7) is 0. The summed E-state index contributed by atoms with van der Waals surface area (Å²) < 4.78 is 26.1. The lowest BCUT2D eigenvalue weighted by atomic mass is 10.1. The average Bonchev–Trinajstić information content (AvgIpc) is 3.04. The molecule has 1 aromatic carbocycles. The fourth-order valence-corrected chi connectivity index (χ4v) is 2.05. The molecule has 1 nitrogen and oxygen atoms in total. The first-order valence-electron chi connectivity index (χ1n) is 5.10. The molecule has 0 N–H and O–H groups in total. The number of rotatable bonds is 1. The molecule has 1 aromatic heterocycles. The Hall–Kier alpha value is -1.22. The highest BCUT2D eigenvalue weighted by atomic mass is 35.5. The maximum absolute atomic E-state index is 13.1. The van der Waals surface area contributed by atoms with E-state index in [0.29, 0.717) is 21.8 Å². The van der Waals surface area contributed by atoms with Gasteiger partial charge < -0.3 is 0 Å². The molecule has 0 radical (unpaired) electrons. The van der Waals surface area contributed by atoms with E-state index in [1.54, 1.807) is 6.07 Å². The largest absolute Gasteiger partial charge is 0.252 e. The van der Waals surface area contributed by atoms with Crippen LogP contribution in [-0.4, -0.2) is 4.98 Å². The minimum atomic E-state index is -0.893. The van der Waals surface area contributed by atoms with E-state index in [2.05, 4.69) is 4.98 Å². The van der Waals surface area contributed by atoms with E-state index in [4.69, 9.17) is 11.6 Å². The van der Waals surface area contributed by atoms with E-state index in [9.17, 15) is 8.78 Å². The third-order valence-electron chi connectivity index (χ3n) is 2.82. The Morgan fingerprint density at radius 3 is 2.50 bits per heavy atom. The summed E-state index contributed by atoms with van der Waals surface area (Å²) in [5.74, 6) is -1.34. The van der Waals surface area contributed by atoms with Crippen molar-refractivity contribution in [2.24, 2.45) is 0 Å². The zero-order valence-corrected chi connectivity index (χ0v) is 9.06. The first-order chi connectivity index (χ1) is 7.65. The maximum Gasteiger partial charge on any atom is 0.161 e. The number of halogens is 3. The fourth-order valence-electron chi connectivity index (χ4n) is 1.79. The van der Waals surface area contributed by atoms with Crippen molar-refractivity contribution in [1.82, 2.24) is 4.98 Å². The molecule has 3 rings (SSSR count). The van der Waals surface area contributed by atoms with E-state index < -0.39 is 11.6 Å². The molecule has 0 spiro atoms. The Bertz CT molecular complexity index is 579. The molecule has 1 aliphatic carbocycles. The van der Waals surface area contributed by atoms with Crippen LogP contribution >= 0.6 is 11.6 Å². The summed E-state index contributed by atoms with van der Waals surface area (Å²) >= 11 is 6.03. The van der Waals surface area contributed by atoms with Crippen LogP contribution in [-0.2, 0) is 0 Å². The minimum Gasteiger partial charge on any atom is -0.252 e. The molecule has 0 aliphatic heterocycles. The Kier molecular flexibility index (Phi) is 2.11. The highest BCUT2D eigenvalue weighted by Gasteiger charge is 2.26. The monoisotopic (exact) mass is 239 g/mol. The normalized spacial score (nSPS) is 15.7. The van der Waals surface area contributed by atoms with Gasteiger partial charge in [-0.15, -0.1) is 0 Å². The van der Waals surface area contributed by atoms with Crippen LogP contribution in [0.15, 0.2) is 18.2 Å². The first-order valence-corrected chi connectivity index (χ1v) is 5.48. The van der Waals surface area contributed by atoms with Gasteiger partial charge in [-0.25, -0.2) is 8.78 Å². The molecule has 0 atom stereocenters. The van der Waals surface area contributed by atoms with Crippen molar-refractivity contribution in [3.8, 4) is 0 Å². The predicted octanol–water partition coefficient (Wildman–Crippen LogP) is 4.04. The molecule has 2 aromatic rings. The van der Waals surface area contributed by atoms with Crippen LogP contribution in [0.3, 0.4) is 0 Å². The highest BCUT2D eigenvalue weighted by molar-refractivity contribution is 6.35. The molecule has 1 aliphatic rings. The van der Waals surface area contributed by atoms with Crippen LogP contribution in [0.2, 0.25) is 5.02 Å². The second kappa shape index (κ2) is 3.39. The van der Waals surface area contributed by atoms with Gasteiger partial charge in [0, 0.05) is 23.1 Å². The maximum atomic E-state index is 13.1. The number of pyridine rings is 1. The van der Waals surface area contributed by atoms with Crippen molar-refractivity contribution in [2.45, 2.75) is 18.8 Å². The van der Waals surface area contributed by atoms with Crippen molar-refractivity contribution in [3.63, 3.8) is 0 Å². The average molecular weight is 240 g/mol. The predicted molar refractivity (Wildman–Crippen MR) is 58.6 cm³/mol. The topological polar surface area (TPSA) is 12.9 Å². The second-order valence-corrected chi connectivity index (χ2v) is 4.49. The summed E-state index contributed by atoms with van der Waals surface area (Å²) in [4.78, 5) is 4.31. The quantitative estimate of drug-likeness (QED) is 0.732. The van der Waals surface area contributed by atoms with E-state index in [1.807, 2.05) is 0 Å². The van der Waals surface area contributed by atoms with Crippen molar-refractivity contribution in [3.05, 3.63) is 40.6 Å². The summed E-state index contributed by atoms with van der Waals surface area (Å²) in [5, 5.41) is 0.899. The van der Waals surface area contributed by atoms with Gasteiger partial charge in [-0.05, 0) is 25.0 Å². The second-order valence-electron chi connectivity index (χ2n) is 4.09. The molecular weight excluding hydrogens is 232 g/mol.